The van der Waals surface area contributed by atoms with Gasteiger partial charge in [-0.05, 0) is 37.8 Å². The molecule has 0 bridgehead atoms. The molecule has 1 atom stereocenters. The highest BCUT2D eigenvalue weighted by Gasteiger charge is 2.24. The van der Waals surface area contributed by atoms with Crippen molar-refractivity contribution in [3.8, 4) is 0 Å². The number of methoxy groups -OCH3 is 1. The number of guanidine groups is 1. The first-order valence-electron chi connectivity index (χ1n) is 10.4. The summed E-state index contributed by atoms with van der Waals surface area (Å²) in [7, 11) is 1.71. The summed E-state index contributed by atoms with van der Waals surface area (Å²) in [5.41, 5.74) is 3.87. The van der Waals surface area contributed by atoms with E-state index in [2.05, 4.69) is 53.4 Å². The number of benzene rings is 1. The number of nitrogens with zero attached hydrogens (tertiary/aromatic N) is 2. The lowest BCUT2D eigenvalue weighted by Crippen LogP contribution is -2.40. The molecule has 2 heterocycles. The molecule has 1 saturated heterocycles. The summed E-state index contributed by atoms with van der Waals surface area (Å²) < 4.78 is 10.8. The number of para-hydroxylation sites is 1. The molecule has 0 amide bonds. The number of halogens is 1. The third kappa shape index (κ3) is 6.58. The van der Waals surface area contributed by atoms with Crippen LogP contribution in [0.25, 0.3) is 10.9 Å². The van der Waals surface area contributed by atoms with Gasteiger partial charge in [-0.2, -0.15) is 0 Å². The minimum absolute atomic E-state index is 0. The maximum Gasteiger partial charge on any atom is 0.193 e. The fourth-order valence-electron chi connectivity index (χ4n) is 3.83. The van der Waals surface area contributed by atoms with Crippen LogP contribution in [0.5, 0.6) is 0 Å². The Labute approximate surface area is 191 Å². The smallest absolute Gasteiger partial charge is 0.193 e. The Morgan fingerprint density at radius 3 is 3.00 bits per heavy atom. The van der Waals surface area contributed by atoms with Crippen LogP contribution in [-0.2, 0) is 15.9 Å². The van der Waals surface area contributed by atoms with Crippen LogP contribution in [0, 0.1) is 12.8 Å². The van der Waals surface area contributed by atoms with E-state index in [1.165, 1.54) is 22.0 Å². The number of fused-ring (bicyclic) bond motifs is 1. The molecule has 0 aliphatic carbocycles. The third-order valence-corrected chi connectivity index (χ3v) is 5.36. The van der Waals surface area contributed by atoms with E-state index in [1.807, 2.05) is 0 Å². The molecule has 1 aliphatic heterocycles. The van der Waals surface area contributed by atoms with Gasteiger partial charge in [0, 0.05) is 56.3 Å². The van der Waals surface area contributed by atoms with Crippen molar-refractivity contribution in [2.45, 2.75) is 26.7 Å². The molecule has 1 fully saturated rings. The standard InChI is InChI=1S/C22H34N4O2.HI/c1-4-23-22(26-11-9-18(15-26)16-28-13-12-27-3)24-10-8-19-14-25-21-17(2)6-5-7-20(19)21;/h5-7,14,18,25H,4,8-13,15-16H2,1-3H3,(H,23,24);1H. The minimum Gasteiger partial charge on any atom is -0.382 e. The normalized spacial score (nSPS) is 17.0. The van der Waals surface area contributed by atoms with Gasteiger partial charge in [-0.15, -0.1) is 24.0 Å². The second-order valence-corrected chi connectivity index (χ2v) is 7.47. The first-order valence-corrected chi connectivity index (χ1v) is 10.4. The van der Waals surface area contributed by atoms with Crippen molar-refractivity contribution in [3.63, 3.8) is 0 Å². The maximum absolute atomic E-state index is 5.71. The molecular formula is C22H35IN4O2. The topological polar surface area (TPSA) is 61.9 Å². The summed E-state index contributed by atoms with van der Waals surface area (Å²) in [6.45, 7) is 10.1. The largest absolute Gasteiger partial charge is 0.382 e. The van der Waals surface area contributed by atoms with Gasteiger partial charge in [0.25, 0.3) is 0 Å². The number of ether oxygens (including phenoxy) is 2. The van der Waals surface area contributed by atoms with E-state index in [4.69, 9.17) is 14.5 Å². The highest BCUT2D eigenvalue weighted by atomic mass is 127. The van der Waals surface area contributed by atoms with Gasteiger partial charge >= 0.3 is 0 Å². The summed E-state index contributed by atoms with van der Waals surface area (Å²) in [5.74, 6) is 1.59. The first-order chi connectivity index (χ1) is 13.7. The second-order valence-electron chi connectivity index (χ2n) is 7.47. The number of nitrogens with one attached hydrogen (secondary N) is 2. The molecule has 0 radical (unpaired) electrons. The van der Waals surface area contributed by atoms with Crippen LogP contribution >= 0.6 is 24.0 Å². The van der Waals surface area contributed by atoms with Crippen LogP contribution in [0.15, 0.2) is 29.4 Å². The van der Waals surface area contributed by atoms with Crippen LogP contribution in [0.3, 0.4) is 0 Å². The van der Waals surface area contributed by atoms with Crippen molar-refractivity contribution >= 4 is 40.8 Å². The highest BCUT2D eigenvalue weighted by molar-refractivity contribution is 14.0. The molecule has 1 aromatic heterocycles. The molecule has 6 nitrogen and oxygen atoms in total. The Morgan fingerprint density at radius 1 is 1.34 bits per heavy atom. The van der Waals surface area contributed by atoms with E-state index in [0.29, 0.717) is 19.1 Å². The Balaban J connectivity index is 0.00000300. The lowest BCUT2D eigenvalue weighted by Gasteiger charge is -2.21. The molecule has 29 heavy (non-hydrogen) atoms. The number of aromatic nitrogens is 1. The zero-order valence-corrected chi connectivity index (χ0v) is 20.2. The van der Waals surface area contributed by atoms with E-state index in [9.17, 15) is 0 Å². The van der Waals surface area contributed by atoms with Gasteiger partial charge < -0.3 is 24.7 Å². The predicted molar refractivity (Wildman–Crippen MR) is 131 cm³/mol. The monoisotopic (exact) mass is 514 g/mol. The zero-order chi connectivity index (χ0) is 19.8. The van der Waals surface area contributed by atoms with E-state index in [0.717, 1.165) is 51.6 Å². The summed E-state index contributed by atoms with van der Waals surface area (Å²) in [4.78, 5) is 10.7. The van der Waals surface area contributed by atoms with Gasteiger partial charge in [-0.3, -0.25) is 4.99 Å². The predicted octanol–water partition coefficient (Wildman–Crippen LogP) is 3.59. The molecule has 0 saturated carbocycles. The number of aromatic amines is 1. The molecule has 2 aromatic rings. The van der Waals surface area contributed by atoms with Crippen LogP contribution < -0.4 is 5.32 Å². The number of rotatable bonds is 9. The molecule has 1 aromatic carbocycles. The van der Waals surface area contributed by atoms with E-state index in [-0.39, 0.29) is 24.0 Å². The van der Waals surface area contributed by atoms with Gasteiger partial charge in [-0.25, -0.2) is 0 Å². The van der Waals surface area contributed by atoms with Crippen LogP contribution in [0.4, 0.5) is 0 Å². The number of aryl methyl sites for hydroxylation is 1. The van der Waals surface area contributed by atoms with Gasteiger partial charge in [0.1, 0.15) is 0 Å². The molecule has 1 unspecified atom stereocenters. The quantitative estimate of drug-likeness (QED) is 0.233. The second kappa shape index (κ2) is 12.4. The van der Waals surface area contributed by atoms with Crippen molar-refractivity contribution in [2.24, 2.45) is 10.9 Å². The van der Waals surface area contributed by atoms with Gasteiger partial charge in [0.15, 0.2) is 5.96 Å². The highest BCUT2D eigenvalue weighted by Crippen LogP contribution is 2.22. The Bertz CT molecular complexity index is 777. The molecule has 2 N–H and O–H groups in total. The summed E-state index contributed by atoms with van der Waals surface area (Å²) in [5, 5.41) is 4.77. The van der Waals surface area contributed by atoms with Gasteiger partial charge in [0.05, 0.1) is 19.8 Å². The number of likely N-dealkylation sites (tertiary alicyclic amines) is 1. The molecule has 162 valence electrons. The van der Waals surface area contributed by atoms with E-state index < -0.39 is 0 Å². The molecular weight excluding hydrogens is 479 g/mol. The van der Waals surface area contributed by atoms with Crippen LogP contribution in [0.2, 0.25) is 0 Å². The fourth-order valence-corrected chi connectivity index (χ4v) is 3.83. The molecule has 0 spiro atoms. The Morgan fingerprint density at radius 2 is 2.21 bits per heavy atom. The summed E-state index contributed by atoms with van der Waals surface area (Å²) >= 11 is 0. The molecule has 7 heteroatoms. The van der Waals surface area contributed by atoms with Crippen molar-refractivity contribution in [3.05, 3.63) is 35.5 Å². The minimum atomic E-state index is 0. The lowest BCUT2D eigenvalue weighted by molar-refractivity contribution is 0.0536. The summed E-state index contributed by atoms with van der Waals surface area (Å²) in [6.07, 6.45) is 4.22. The third-order valence-electron chi connectivity index (χ3n) is 5.36. The van der Waals surface area contributed by atoms with Crippen LogP contribution in [0.1, 0.15) is 24.5 Å². The van der Waals surface area contributed by atoms with Crippen molar-refractivity contribution in [1.82, 2.24) is 15.2 Å². The number of aliphatic imine (C=N–C) groups is 1. The summed E-state index contributed by atoms with van der Waals surface area (Å²) in [6, 6.07) is 6.46. The van der Waals surface area contributed by atoms with Gasteiger partial charge in [-0.1, -0.05) is 18.2 Å². The maximum atomic E-state index is 5.71. The SMILES string of the molecule is CCNC(=NCCc1c[nH]c2c(C)cccc12)N1CCC(COCCOC)C1.I. The fraction of sp³-hybridized carbons (Fsp3) is 0.591. The zero-order valence-electron chi connectivity index (χ0n) is 17.9. The number of H-pyrrole nitrogens is 1. The molecule has 3 rings (SSSR count). The Kier molecular flexibility index (Phi) is 10.2. The lowest BCUT2D eigenvalue weighted by atomic mass is 10.1. The van der Waals surface area contributed by atoms with Crippen molar-refractivity contribution < 1.29 is 9.47 Å². The average molecular weight is 514 g/mol. The Hall–Kier alpha value is -1.32. The number of hydrogen-bond donors (Lipinski definition) is 2. The first kappa shape index (κ1) is 24.0. The number of hydrogen-bond acceptors (Lipinski definition) is 3. The average Bonchev–Trinajstić information content (AvgIpc) is 3.33. The van der Waals surface area contributed by atoms with Gasteiger partial charge in [0.2, 0.25) is 0 Å². The van der Waals surface area contributed by atoms with E-state index >= 15 is 0 Å². The van der Waals surface area contributed by atoms with Crippen LogP contribution in [-0.4, -0.2) is 69.0 Å². The van der Waals surface area contributed by atoms with Crippen molar-refractivity contribution in [2.75, 3.05) is 53.1 Å². The van der Waals surface area contributed by atoms with Crippen molar-refractivity contribution in [1.29, 1.82) is 0 Å². The van der Waals surface area contributed by atoms with E-state index in [1.54, 1.807) is 7.11 Å². The molecule has 1 aliphatic rings.